The van der Waals surface area contributed by atoms with Crippen molar-refractivity contribution in [2.75, 3.05) is 4.90 Å². The maximum Gasteiger partial charge on any atom is 0.0726 e. The molecule has 0 aliphatic heterocycles. The average Bonchev–Trinajstić information content (AvgIpc) is 3.92. The first-order valence-electron chi connectivity index (χ1n) is 21.4. The van der Waals surface area contributed by atoms with Crippen LogP contribution in [0.3, 0.4) is 0 Å². The zero-order valence-corrected chi connectivity index (χ0v) is 34.3. The van der Waals surface area contributed by atoms with Gasteiger partial charge in [0.1, 0.15) is 0 Å². The minimum atomic E-state index is -0.442. The smallest absolute Gasteiger partial charge is 0.0726 e. The van der Waals surface area contributed by atoms with Crippen molar-refractivity contribution in [1.29, 1.82) is 0 Å². The first-order chi connectivity index (χ1) is 29.3. The van der Waals surface area contributed by atoms with E-state index in [1.807, 2.05) is 0 Å². The Kier molecular flexibility index (Phi) is 6.57. The first kappa shape index (κ1) is 34.0. The molecule has 0 bridgehead atoms. The Balaban J connectivity index is 1.17. The SMILES string of the molecule is CC1(C)c2ccccc2-c2ccc(N(c3cccc4c3-c3ccccc3C43c4ccccc4-c4ccccc43)c3cc4ccccc4c4c3-c3ccccc3C4(C)C)cc21. The minimum Gasteiger partial charge on any atom is -0.309 e. The molecule has 0 unspecified atom stereocenters. The van der Waals surface area contributed by atoms with E-state index in [2.05, 4.69) is 221 Å². The van der Waals surface area contributed by atoms with Gasteiger partial charge in [-0.15, -0.1) is 0 Å². The van der Waals surface area contributed by atoms with Crippen molar-refractivity contribution in [3.8, 4) is 44.5 Å². The van der Waals surface area contributed by atoms with Crippen LogP contribution >= 0.6 is 0 Å². The summed E-state index contributed by atoms with van der Waals surface area (Å²) in [6, 6.07) is 71.6. The van der Waals surface area contributed by atoms with Crippen LogP contribution in [-0.4, -0.2) is 0 Å². The van der Waals surface area contributed by atoms with Crippen LogP contribution in [0.5, 0.6) is 0 Å². The molecular formula is C59H43N. The molecule has 13 rings (SSSR count). The lowest BCUT2D eigenvalue weighted by atomic mass is 9.70. The summed E-state index contributed by atoms with van der Waals surface area (Å²) in [5.74, 6) is 0. The summed E-state index contributed by atoms with van der Waals surface area (Å²) >= 11 is 0. The van der Waals surface area contributed by atoms with Gasteiger partial charge in [0.2, 0.25) is 0 Å². The van der Waals surface area contributed by atoms with Crippen LogP contribution in [-0.2, 0) is 16.2 Å². The largest absolute Gasteiger partial charge is 0.309 e. The fourth-order valence-electron chi connectivity index (χ4n) is 12.4. The highest BCUT2D eigenvalue weighted by Crippen LogP contribution is 2.66. The maximum atomic E-state index is 2.64. The molecule has 284 valence electrons. The molecule has 1 spiro atoms. The van der Waals surface area contributed by atoms with E-state index in [1.165, 1.54) is 117 Å². The van der Waals surface area contributed by atoms with Crippen molar-refractivity contribution in [2.45, 2.75) is 43.9 Å². The third-order valence-corrected chi connectivity index (χ3v) is 14.8. The second-order valence-electron chi connectivity index (χ2n) is 18.4. The van der Waals surface area contributed by atoms with E-state index >= 15 is 0 Å². The minimum absolute atomic E-state index is 0.153. The van der Waals surface area contributed by atoms with Crippen LogP contribution in [0.15, 0.2) is 188 Å². The highest BCUT2D eigenvalue weighted by Gasteiger charge is 2.52. The number of hydrogen-bond acceptors (Lipinski definition) is 1. The summed E-state index contributed by atoms with van der Waals surface area (Å²) in [7, 11) is 0. The topological polar surface area (TPSA) is 3.24 Å². The summed E-state index contributed by atoms with van der Waals surface area (Å²) in [4.78, 5) is 2.64. The van der Waals surface area contributed by atoms with Gasteiger partial charge in [-0.3, -0.25) is 0 Å². The Hall–Kier alpha value is -6.96. The van der Waals surface area contributed by atoms with Crippen molar-refractivity contribution in [2.24, 2.45) is 0 Å². The normalized spacial score (nSPS) is 15.7. The molecule has 9 aromatic carbocycles. The summed E-state index contributed by atoms with van der Waals surface area (Å²) < 4.78 is 0. The number of benzene rings is 9. The highest BCUT2D eigenvalue weighted by molar-refractivity contribution is 6.08. The number of nitrogens with zero attached hydrogens (tertiary/aromatic N) is 1. The lowest BCUT2D eigenvalue weighted by Crippen LogP contribution is -2.26. The van der Waals surface area contributed by atoms with Crippen LogP contribution in [0, 0.1) is 0 Å². The monoisotopic (exact) mass is 765 g/mol. The number of rotatable bonds is 3. The van der Waals surface area contributed by atoms with Gasteiger partial charge in [-0.05, 0) is 113 Å². The summed E-state index contributed by atoms with van der Waals surface area (Å²) in [5.41, 5.74) is 24.3. The second kappa shape index (κ2) is 11.6. The number of anilines is 3. The Morgan fingerprint density at radius 3 is 1.48 bits per heavy atom. The molecule has 0 amide bonds. The van der Waals surface area contributed by atoms with Crippen molar-refractivity contribution >= 4 is 27.8 Å². The first-order valence-corrected chi connectivity index (χ1v) is 21.4. The number of hydrogen-bond donors (Lipinski definition) is 0. The van der Waals surface area contributed by atoms with Gasteiger partial charge < -0.3 is 4.90 Å². The van der Waals surface area contributed by atoms with Crippen molar-refractivity contribution in [3.05, 3.63) is 233 Å². The summed E-state index contributed by atoms with van der Waals surface area (Å²) in [6.07, 6.45) is 0. The molecule has 0 fully saturated rings. The quantitative estimate of drug-likeness (QED) is 0.173. The molecular weight excluding hydrogens is 723 g/mol. The van der Waals surface area contributed by atoms with E-state index in [0.29, 0.717) is 0 Å². The van der Waals surface area contributed by atoms with Gasteiger partial charge in [0, 0.05) is 27.6 Å². The molecule has 1 nitrogen and oxygen atoms in total. The van der Waals surface area contributed by atoms with Crippen LogP contribution in [0.25, 0.3) is 55.3 Å². The van der Waals surface area contributed by atoms with E-state index in [-0.39, 0.29) is 10.8 Å². The molecule has 9 aromatic rings. The predicted octanol–water partition coefficient (Wildman–Crippen LogP) is 15.3. The Bertz CT molecular complexity index is 3290. The fourth-order valence-corrected chi connectivity index (χ4v) is 12.4. The van der Waals surface area contributed by atoms with Gasteiger partial charge >= 0.3 is 0 Å². The standard InChI is InChI=1S/C59H43N/c1-57(2)45-25-12-7-20-39(45)42-33-32-37(35-51(42)57)60(53-34-36-18-5-6-19-38(36)56-55(53)43-23-10-13-26-46(43)58(56,3)4)52-31-17-30-50-54(52)44-24-11-16-29-49(44)59(50)47-27-14-8-21-40(47)41-22-9-15-28-48(41)59/h5-35H,1-4H3. The van der Waals surface area contributed by atoms with Gasteiger partial charge in [0.15, 0.2) is 0 Å². The zero-order valence-electron chi connectivity index (χ0n) is 34.3. The molecule has 0 aromatic heterocycles. The Labute approximate surface area is 352 Å². The van der Waals surface area contributed by atoms with Crippen LogP contribution < -0.4 is 4.90 Å². The van der Waals surface area contributed by atoms with E-state index < -0.39 is 5.41 Å². The predicted molar refractivity (Wildman–Crippen MR) is 250 cm³/mol. The van der Waals surface area contributed by atoms with Crippen molar-refractivity contribution in [1.82, 2.24) is 0 Å². The van der Waals surface area contributed by atoms with E-state index in [1.54, 1.807) is 0 Å². The Morgan fingerprint density at radius 2 is 0.817 bits per heavy atom. The molecule has 0 saturated carbocycles. The van der Waals surface area contributed by atoms with Gasteiger partial charge in [0.05, 0.1) is 16.8 Å². The molecule has 0 heterocycles. The lowest BCUT2D eigenvalue weighted by molar-refractivity contribution is 0.660. The molecule has 1 heteroatoms. The lowest BCUT2D eigenvalue weighted by Gasteiger charge is -2.33. The highest BCUT2D eigenvalue weighted by atomic mass is 15.1. The average molecular weight is 766 g/mol. The third kappa shape index (κ3) is 4.03. The third-order valence-electron chi connectivity index (χ3n) is 14.8. The second-order valence-corrected chi connectivity index (χ2v) is 18.4. The molecule has 4 aliphatic rings. The molecule has 0 N–H and O–H groups in total. The Morgan fingerprint density at radius 1 is 0.333 bits per heavy atom. The van der Waals surface area contributed by atoms with E-state index in [0.717, 1.165) is 0 Å². The molecule has 0 radical (unpaired) electrons. The fraction of sp³-hybridized carbons (Fsp3) is 0.119. The zero-order chi connectivity index (χ0) is 40.1. The summed E-state index contributed by atoms with van der Waals surface area (Å²) in [6.45, 7) is 9.63. The molecule has 0 atom stereocenters. The van der Waals surface area contributed by atoms with Gasteiger partial charge in [0.25, 0.3) is 0 Å². The van der Waals surface area contributed by atoms with Crippen molar-refractivity contribution in [3.63, 3.8) is 0 Å². The van der Waals surface area contributed by atoms with E-state index in [4.69, 9.17) is 0 Å². The van der Waals surface area contributed by atoms with E-state index in [9.17, 15) is 0 Å². The van der Waals surface area contributed by atoms with Crippen LogP contribution in [0.2, 0.25) is 0 Å². The van der Waals surface area contributed by atoms with Gasteiger partial charge in [-0.25, -0.2) is 0 Å². The van der Waals surface area contributed by atoms with Crippen LogP contribution in [0.1, 0.15) is 72.2 Å². The number of fused-ring (bicyclic) bond motifs is 18. The van der Waals surface area contributed by atoms with Gasteiger partial charge in [-0.2, -0.15) is 0 Å². The van der Waals surface area contributed by atoms with Gasteiger partial charge in [-0.1, -0.05) is 191 Å². The molecule has 0 saturated heterocycles. The summed E-state index contributed by atoms with van der Waals surface area (Å²) in [5, 5.41) is 2.58. The molecule has 4 aliphatic carbocycles. The van der Waals surface area contributed by atoms with Crippen molar-refractivity contribution < 1.29 is 0 Å². The molecule has 60 heavy (non-hydrogen) atoms. The maximum absolute atomic E-state index is 2.64. The van der Waals surface area contributed by atoms with Crippen LogP contribution in [0.4, 0.5) is 17.1 Å².